The van der Waals surface area contributed by atoms with E-state index in [1.807, 2.05) is 12.1 Å². The zero-order valence-electron chi connectivity index (χ0n) is 15.5. The topological polar surface area (TPSA) is 74.4 Å². The Kier molecular flexibility index (Phi) is 5.01. The molecule has 1 unspecified atom stereocenters. The Labute approximate surface area is 161 Å². The Morgan fingerprint density at radius 2 is 2.08 bits per heavy atom. The fourth-order valence-electron chi connectivity index (χ4n) is 3.21. The Hall–Kier alpha value is -2.02. The van der Waals surface area contributed by atoms with Gasteiger partial charge in [-0.15, -0.1) is 0 Å². The van der Waals surface area contributed by atoms with Crippen molar-refractivity contribution in [1.29, 1.82) is 0 Å². The van der Waals surface area contributed by atoms with Crippen molar-refractivity contribution < 1.29 is 14.3 Å². The van der Waals surface area contributed by atoms with Gasteiger partial charge in [0.1, 0.15) is 11.6 Å². The lowest BCUT2D eigenvalue weighted by molar-refractivity contribution is -0.134. The molecule has 2 amide bonds. The molecule has 3 rings (SSSR count). The van der Waals surface area contributed by atoms with Crippen LogP contribution < -0.4 is 5.32 Å². The summed E-state index contributed by atoms with van der Waals surface area (Å²) in [5.74, 6) is -0.106. The molecule has 6 nitrogen and oxygen atoms in total. The second kappa shape index (κ2) is 6.95. The summed E-state index contributed by atoms with van der Waals surface area (Å²) in [4.78, 5) is 29.9. The summed E-state index contributed by atoms with van der Waals surface area (Å²) in [7, 11) is 0. The lowest BCUT2D eigenvalue weighted by Crippen LogP contribution is -2.49. The van der Waals surface area contributed by atoms with Gasteiger partial charge in [0, 0.05) is 40.6 Å². The number of alkyl carbamates (subject to hydrolysis) is 1. The predicted octanol–water partition coefficient (Wildman–Crippen LogP) is 3.73. The van der Waals surface area contributed by atoms with Crippen LogP contribution in [-0.4, -0.2) is 40.1 Å². The van der Waals surface area contributed by atoms with Crippen molar-refractivity contribution in [2.75, 3.05) is 6.54 Å². The third-order valence-corrected chi connectivity index (χ3v) is 5.04. The highest BCUT2D eigenvalue weighted by Crippen LogP contribution is 2.31. The van der Waals surface area contributed by atoms with Crippen LogP contribution in [0.4, 0.5) is 4.79 Å². The molecule has 0 saturated carbocycles. The molecule has 0 radical (unpaired) electrons. The average molecular weight is 422 g/mol. The minimum atomic E-state index is -0.636. The third-order valence-electron chi connectivity index (χ3n) is 4.37. The summed E-state index contributed by atoms with van der Waals surface area (Å²) in [5.41, 5.74) is 2.78. The number of fused-ring (bicyclic) bond motifs is 3. The first kappa shape index (κ1) is 18.8. The standard InChI is InChI=1S/C19H24BrN3O3/c1-11(21-18(25)26-19(2,3)4)17(24)23-9-8-15-13(10-23)12-6-5-7-14(20)16(12)22-15/h5-7,11,22H,8-10H2,1-4H3,(H,21,25). The minimum absolute atomic E-state index is 0.106. The average Bonchev–Trinajstić information content (AvgIpc) is 2.91. The van der Waals surface area contributed by atoms with E-state index in [2.05, 4.69) is 32.3 Å². The highest BCUT2D eigenvalue weighted by Gasteiger charge is 2.29. The largest absolute Gasteiger partial charge is 0.444 e. The first-order valence-electron chi connectivity index (χ1n) is 8.72. The van der Waals surface area contributed by atoms with Gasteiger partial charge in [0.2, 0.25) is 5.91 Å². The number of rotatable bonds is 2. The number of H-pyrrole nitrogens is 1. The number of carbonyl (C=O) groups excluding carboxylic acids is 2. The van der Waals surface area contributed by atoms with Crippen LogP contribution in [-0.2, 0) is 22.5 Å². The zero-order chi connectivity index (χ0) is 19.1. The molecule has 140 valence electrons. The number of para-hydroxylation sites is 1. The first-order chi connectivity index (χ1) is 12.2. The van der Waals surface area contributed by atoms with Crippen molar-refractivity contribution in [1.82, 2.24) is 15.2 Å². The van der Waals surface area contributed by atoms with E-state index in [9.17, 15) is 9.59 Å². The maximum Gasteiger partial charge on any atom is 0.408 e. The molecule has 2 N–H and O–H groups in total. The molecule has 1 atom stereocenters. The first-order valence-corrected chi connectivity index (χ1v) is 9.51. The van der Waals surface area contributed by atoms with Gasteiger partial charge in [0.05, 0.1) is 5.52 Å². The summed E-state index contributed by atoms with van der Waals surface area (Å²) in [5, 5.41) is 3.75. The van der Waals surface area contributed by atoms with Gasteiger partial charge in [-0.2, -0.15) is 0 Å². The molecular weight excluding hydrogens is 398 g/mol. The Balaban J connectivity index is 1.72. The van der Waals surface area contributed by atoms with E-state index in [0.717, 1.165) is 27.4 Å². The third kappa shape index (κ3) is 3.87. The predicted molar refractivity (Wildman–Crippen MR) is 104 cm³/mol. The SMILES string of the molecule is CC(NC(=O)OC(C)(C)C)C(=O)N1CCc2[nH]c3c(Br)cccc3c2C1. The second-order valence-electron chi connectivity index (χ2n) is 7.62. The molecule has 0 spiro atoms. The van der Waals surface area contributed by atoms with E-state index in [1.165, 1.54) is 5.69 Å². The normalized spacial score (nSPS) is 15.5. The number of carbonyl (C=O) groups is 2. The summed E-state index contributed by atoms with van der Waals surface area (Å²) in [6, 6.07) is 5.42. The number of nitrogens with zero attached hydrogens (tertiary/aromatic N) is 1. The molecule has 7 heteroatoms. The number of hydrogen-bond acceptors (Lipinski definition) is 3. The van der Waals surface area contributed by atoms with Crippen LogP contribution in [0.1, 0.15) is 39.0 Å². The molecule has 1 aliphatic heterocycles. The number of aromatic nitrogens is 1. The van der Waals surface area contributed by atoms with Crippen LogP contribution in [0.5, 0.6) is 0 Å². The highest BCUT2D eigenvalue weighted by molar-refractivity contribution is 9.10. The van der Waals surface area contributed by atoms with Gasteiger partial charge in [-0.3, -0.25) is 4.79 Å². The lowest BCUT2D eigenvalue weighted by atomic mass is 10.0. The molecule has 2 heterocycles. The summed E-state index contributed by atoms with van der Waals surface area (Å²) < 4.78 is 6.25. The molecule has 0 aliphatic carbocycles. The smallest absolute Gasteiger partial charge is 0.408 e. The van der Waals surface area contributed by atoms with E-state index in [-0.39, 0.29) is 5.91 Å². The Morgan fingerprint density at radius 3 is 2.77 bits per heavy atom. The van der Waals surface area contributed by atoms with Gasteiger partial charge in [0.15, 0.2) is 0 Å². The van der Waals surface area contributed by atoms with Gasteiger partial charge in [-0.1, -0.05) is 12.1 Å². The molecule has 1 aromatic carbocycles. The van der Waals surface area contributed by atoms with Crippen LogP contribution in [0.25, 0.3) is 10.9 Å². The molecule has 0 saturated heterocycles. The molecule has 26 heavy (non-hydrogen) atoms. The van der Waals surface area contributed by atoms with Gasteiger partial charge < -0.3 is 19.9 Å². The van der Waals surface area contributed by atoms with E-state index in [0.29, 0.717) is 13.1 Å². The number of nitrogens with one attached hydrogen (secondary N) is 2. The van der Waals surface area contributed by atoms with Gasteiger partial charge in [0.25, 0.3) is 0 Å². The fourth-order valence-corrected chi connectivity index (χ4v) is 3.68. The summed E-state index contributed by atoms with van der Waals surface area (Å²) >= 11 is 3.57. The fraction of sp³-hybridized carbons (Fsp3) is 0.474. The maximum absolute atomic E-state index is 12.8. The van der Waals surface area contributed by atoms with Crippen LogP contribution in [0.15, 0.2) is 22.7 Å². The molecular formula is C19H24BrN3O3. The van der Waals surface area contributed by atoms with Crippen LogP contribution in [0.2, 0.25) is 0 Å². The number of aromatic amines is 1. The van der Waals surface area contributed by atoms with Crippen molar-refractivity contribution in [3.05, 3.63) is 33.9 Å². The van der Waals surface area contributed by atoms with Gasteiger partial charge in [-0.05, 0) is 49.7 Å². The van der Waals surface area contributed by atoms with Crippen LogP contribution >= 0.6 is 15.9 Å². The molecule has 1 aliphatic rings. The Bertz CT molecular complexity index is 854. The van der Waals surface area contributed by atoms with Gasteiger partial charge in [-0.25, -0.2) is 4.79 Å². The molecule has 0 bridgehead atoms. The maximum atomic E-state index is 12.8. The Morgan fingerprint density at radius 1 is 1.35 bits per heavy atom. The van der Waals surface area contributed by atoms with E-state index in [1.54, 1.807) is 32.6 Å². The lowest BCUT2D eigenvalue weighted by Gasteiger charge is -2.30. The van der Waals surface area contributed by atoms with Crippen molar-refractivity contribution >= 4 is 38.8 Å². The van der Waals surface area contributed by atoms with Crippen molar-refractivity contribution in [2.45, 2.75) is 52.3 Å². The van der Waals surface area contributed by atoms with Crippen molar-refractivity contribution in [2.24, 2.45) is 0 Å². The monoisotopic (exact) mass is 421 g/mol. The number of halogens is 1. The summed E-state index contributed by atoms with van der Waals surface area (Å²) in [6.07, 6.45) is 0.188. The van der Waals surface area contributed by atoms with Crippen LogP contribution in [0, 0.1) is 0 Å². The molecule has 1 aromatic heterocycles. The second-order valence-corrected chi connectivity index (χ2v) is 8.48. The number of hydrogen-bond donors (Lipinski definition) is 2. The van der Waals surface area contributed by atoms with E-state index in [4.69, 9.17) is 4.74 Å². The minimum Gasteiger partial charge on any atom is -0.444 e. The van der Waals surface area contributed by atoms with Gasteiger partial charge >= 0.3 is 6.09 Å². The van der Waals surface area contributed by atoms with Crippen molar-refractivity contribution in [3.8, 4) is 0 Å². The van der Waals surface area contributed by atoms with E-state index >= 15 is 0 Å². The number of benzene rings is 1. The van der Waals surface area contributed by atoms with Crippen LogP contribution in [0.3, 0.4) is 0 Å². The number of amides is 2. The summed E-state index contributed by atoms with van der Waals surface area (Å²) in [6.45, 7) is 8.22. The zero-order valence-corrected chi connectivity index (χ0v) is 17.1. The quantitative estimate of drug-likeness (QED) is 0.775. The van der Waals surface area contributed by atoms with Crippen molar-refractivity contribution in [3.63, 3.8) is 0 Å². The number of ether oxygens (including phenoxy) is 1. The molecule has 0 fully saturated rings. The molecule has 2 aromatic rings. The highest BCUT2D eigenvalue weighted by atomic mass is 79.9. The van der Waals surface area contributed by atoms with E-state index < -0.39 is 17.7 Å².